The zero-order valence-corrected chi connectivity index (χ0v) is 11.6. The minimum absolute atomic E-state index is 0.00253. The molecule has 1 aliphatic carbocycles. The van der Waals surface area contributed by atoms with Gasteiger partial charge >= 0.3 is 0 Å². The molecule has 1 aliphatic heterocycles. The van der Waals surface area contributed by atoms with Gasteiger partial charge < -0.3 is 20.5 Å². The molecule has 0 saturated heterocycles. The largest absolute Gasteiger partial charge is 0.482 e. The summed E-state index contributed by atoms with van der Waals surface area (Å²) in [4.78, 5) is 23.4. The first-order valence-corrected chi connectivity index (χ1v) is 7.15. The highest BCUT2D eigenvalue weighted by atomic mass is 16.5. The van der Waals surface area contributed by atoms with Gasteiger partial charge in [0.1, 0.15) is 5.75 Å². The number of aliphatic hydroxyl groups excluding tert-OH is 1. The maximum Gasteiger partial charge on any atom is 0.262 e. The fraction of sp³-hybridized carbons (Fsp3) is 0.467. The van der Waals surface area contributed by atoms with Crippen molar-refractivity contribution in [3.63, 3.8) is 0 Å². The number of benzene rings is 1. The second-order valence-electron chi connectivity index (χ2n) is 5.59. The summed E-state index contributed by atoms with van der Waals surface area (Å²) < 4.78 is 5.25. The molecule has 3 N–H and O–H groups in total. The number of nitrogens with one attached hydrogen (secondary N) is 2. The smallest absolute Gasteiger partial charge is 0.262 e. The molecule has 21 heavy (non-hydrogen) atoms. The van der Waals surface area contributed by atoms with Crippen molar-refractivity contribution >= 4 is 17.5 Å². The summed E-state index contributed by atoms with van der Waals surface area (Å²) in [5.74, 6) is 0.508. The molecule has 2 atom stereocenters. The molecule has 1 aromatic carbocycles. The maximum absolute atomic E-state index is 12.1. The number of rotatable bonds is 3. The van der Waals surface area contributed by atoms with Crippen LogP contribution >= 0.6 is 0 Å². The predicted octanol–water partition coefficient (Wildman–Crippen LogP) is 0.908. The Morgan fingerprint density at radius 2 is 2.29 bits per heavy atom. The molecule has 2 amide bonds. The monoisotopic (exact) mass is 290 g/mol. The number of hydrogen-bond acceptors (Lipinski definition) is 4. The molecule has 1 heterocycles. The van der Waals surface area contributed by atoms with Crippen LogP contribution in [0.15, 0.2) is 18.2 Å². The van der Waals surface area contributed by atoms with Gasteiger partial charge in [-0.25, -0.2) is 0 Å². The Labute approximate surface area is 122 Å². The van der Waals surface area contributed by atoms with E-state index in [9.17, 15) is 14.7 Å². The quantitative estimate of drug-likeness (QED) is 0.772. The van der Waals surface area contributed by atoms with Crippen LogP contribution in [0.4, 0.5) is 5.69 Å². The maximum atomic E-state index is 12.1. The van der Waals surface area contributed by atoms with Gasteiger partial charge in [0.15, 0.2) is 6.61 Å². The Morgan fingerprint density at radius 3 is 3.05 bits per heavy atom. The molecule has 0 radical (unpaired) electrons. The van der Waals surface area contributed by atoms with E-state index in [4.69, 9.17) is 4.74 Å². The fourth-order valence-corrected chi connectivity index (χ4v) is 2.80. The van der Waals surface area contributed by atoms with E-state index >= 15 is 0 Å². The van der Waals surface area contributed by atoms with Gasteiger partial charge in [0, 0.05) is 12.1 Å². The molecule has 1 aromatic rings. The van der Waals surface area contributed by atoms with Crippen molar-refractivity contribution in [3.8, 4) is 5.75 Å². The fourth-order valence-electron chi connectivity index (χ4n) is 2.80. The van der Waals surface area contributed by atoms with Crippen LogP contribution in [0.5, 0.6) is 5.75 Å². The van der Waals surface area contributed by atoms with E-state index in [2.05, 4.69) is 10.6 Å². The highest BCUT2D eigenvalue weighted by molar-refractivity contribution is 5.99. The number of hydrogen-bond donors (Lipinski definition) is 3. The molecule has 2 aliphatic rings. The highest BCUT2D eigenvalue weighted by Gasteiger charge is 2.23. The van der Waals surface area contributed by atoms with E-state index in [1.807, 2.05) is 0 Å². The Balaban J connectivity index is 1.62. The van der Waals surface area contributed by atoms with Gasteiger partial charge in [-0.2, -0.15) is 0 Å². The lowest BCUT2D eigenvalue weighted by Crippen LogP contribution is -2.29. The lowest BCUT2D eigenvalue weighted by Gasteiger charge is -2.18. The van der Waals surface area contributed by atoms with Crippen LogP contribution in [-0.2, 0) is 4.79 Å². The van der Waals surface area contributed by atoms with Gasteiger partial charge in [-0.3, -0.25) is 9.59 Å². The number of amides is 2. The standard InChI is InChI=1S/C15H18N2O4/c18-11-3-1-9(5-11)7-16-15(20)10-2-4-13-12(6-10)17-14(19)8-21-13/h2,4,6,9,11,18H,1,3,5,7-8H2,(H,16,20)(H,17,19). The molecular formula is C15H18N2O4. The molecule has 1 saturated carbocycles. The molecule has 6 heteroatoms. The van der Waals surface area contributed by atoms with E-state index in [-0.39, 0.29) is 24.5 Å². The molecule has 6 nitrogen and oxygen atoms in total. The van der Waals surface area contributed by atoms with Gasteiger partial charge in [-0.05, 0) is 43.4 Å². The third kappa shape index (κ3) is 3.16. The summed E-state index contributed by atoms with van der Waals surface area (Å²) >= 11 is 0. The van der Waals surface area contributed by atoms with Crippen LogP contribution in [0.3, 0.4) is 0 Å². The molecular weight excluding hydrogens is 272 g/mol. The van der Waals surface area contributed by atoms with Gasteiger partial charge in [0.2, 0.25) is 0 Å². The first kappa shape index (κ1) is 13.9. The Bertz CT molecular complexity index is 573. The molecule has 0 bridgehead atoms. The van der Waals surface area contributed by atoms with E-state index < -0.39 is 0 Å². The van der Waals surface area contributed by atoms with Crippen LogP contribution < -0.4 is 15.4 Å². The summed E-state index contributed by atoms with van der Waals surface area (Å²) in [7, 11) is 0. The Hall–Kier alpha value is -2.08. The number of carbonyl (C=O) groups excluding carboxylic acids is 2. The lowest BCUT2D eigenvalue weighted by atomic mass is 10.1. The number of ether oxygens (including phenoxy) is 1. The van der Waals surface area contributed by atoms with E-state index in [0.29, 0.717) is 29.5 Å². The van der Waals surface area contributed by atoms with Gasteiger partial charge in [0.05, 0.1) is 11.8 Å². The summed E-state index contributed by atoms with van der Waals surface area (Å²) in [6.07, 6.45) is 2.26. The van der Waals surface area contributed by atoms with Crippen molar-refractivity contribution in [2.24, 2.45) is 5.92 Å². The van der Waals surface area contributed by atoms with E-state index in [1.54, 1.807) is 18.2 Å². The average Bonchev–Trinajstić information content (AvgIpc) is 2.89. The highest BCUT2D eigenvalue weighted by Crippen LogP contribution is 2.28. The van der Waals surface area contributed by atoms with E-state index in [0.717, 1.165) is 19.3 Å². The molecule has 2 unspecified atom stereocenters. The van der Waals surface area contributed by atoms with Crippen molar-refractivity contribution < 1.29 is 19.4 Å². The summed E-state index contributed by atoms with van der Waals surface area (Å²) in [5, 5.41) is 15.0. The summed E-state index contributed by atoms with van der Waals surface area (Å²) in [6, 6.07) is 4.98. The van der Waals surface area contributed by atoms with Crippen LogP contribution in [-0.4, -0.2) is 36.2 Å². The number of carbonyl (C=O) groups is 2. The van der Waals surface area contributed by atoms with Crippen LogP contribution in [0.2, 0.25) is 0 Å². The van der Waals surface area contributed by atoms with Gasteiger partial charge in [0.25, 0.3) is 11.8 Å². The Morgan fingerprint density at radius 1 is 1.43 bits per heavy atom. The minimum Gasteiger partial charge on any atom is -0.482 e. The number of aliphatic hydroxyl groups is 1. The summed E-state index contributed by atoms with van der Waals surface area (Å²) in [5.41, 5.74) is 1.01. The average molecular weight is 290 g/mol. The minimum atomic E-state index is -0.233. The van der Waals surface area contributed by atoms with Crippen molar-refractivity contribution in [1.82, 2.24) is 5.32 Å². The second-order valence-corrected chi connectivity index (χ2v) is 5.59. The van der Waals surface area contributed by atoms with Crippen LogP contribution in [0.25, 0.3) is 0 Å². The lowest BCUT2D eigenvalue weighted by molar-refractivity contribution is -0.118. The third-order valence-corrected chi connectivity index (χ3v) is 3.94. The van der Waals surface area contributed by atoms with E-state index in [1.165, 1.54) is 0 Å². The zero-order chi connectivity index (χ0) is 14.8. The second kappa shape index (κ2) is 5.73. The number of fused-ring (bicyclic) bond motifs is 1. The summed E-state index contributed by atoms with van der Waals surface area (Å²) in [6.45, 7) is 0.568. The molecule has 0 aromatic heterocycles. The van der Waals surface area contributed by atoms with Crippen molar-refractivity contribution in [3.05, 3.63) is 23.8 Å². The zero-order valence-electron chi connectivity index (χ0n) is 11.6. The molecule has 1 fully saturated rings. The third-order valence-electron chi connectivity index (χ3n) is 3.94. The number of anilines is 1. The van der Waals surface area contributed by atoms with Crippen molar-refractivity contribution in [2.75, 3.05) is 18.5 Å². The van der Waals surface area contributed by atoms with Gasteiger partial charge in [-0.1, -0.05) is 0 Å². The molecule has 112 valence electrons. The van der Waals surface area contributed by atoms with Crippen molar-refractivity contribution in [1.29, 1.82) is 0 Å². The molecule has 3 rings (SSSR count). The topological polar surface area (TPSA) is 87.7 Å². The van der Waals surface area contributed by atoms with Crippen molar-refractivity contribution in [2.45, 2.75) is 25.4 Å². The van der Waals surface area contributed by atoms with Crippen LogP contribution in [0.1, 0.15) is 29.6 Å². The predicted molar refractivity (Wildman–Crippen MR) is 76.2 cm³/mol. The van der Waals surface area contributed by atoms with Crippen LogP contribution in [0, 0.1) is 5.92 Å². The first-order valence-electron chi connectivity index (χ1n) is 7.15. The SMILES string of the molecule is O=C1COc2ccc(C(=O)NCC3CCC(O)C3)cc2N1. The normalized spacial score (nSPS) is 24.0. The van der Waals surface area contributed by atoms with Gasteiger partial charge in [-0.15, -0.1) is 0 Å². The Kier molecular flexibility index (Phi) is 3.79. The first-order chi connectivity index (χ1) is 10.1. The molecule has 0 spiro atoms.